The van der Waals surface area contributed by atoms with E-state index in [9.17, 15) is 10.2 Å². The van der Waals surface area contributed by atoms with Crippen molar-refractivity contribution < 1.29 is 29.3 Å². The highest BCUT2D eigenvalue weighted by atomic mass is 16.5. The molecular weight excluding hydrogens is 370 g/mol. The van der Waals surface area contributed by atoms with Crippen LogP contribution in [0.1, 0.15) is 24.0 Å². The Kier molecular flexibility index (Phi) is 8.31. The topological polar surface area (TPSA) is 72.6 Å². The quantitative estimate of drug-likeness (QED) is 0.532. The number of rotatable bonds is 11. The summed E-state index contributed by atoms with van der Waals surface area (Å²) >= 11 is 0. The lowest BCUT2D eigenvalue weighted by Gasteiger charge is -2.25. The molecular formula is C23H32NO5+. The van der Waals surface area contributed by atoms with E-state index in [4.69, 9.17) is 14.2 Å². The van der Waals surface area contributed by atoms with Crippen LogP contribution in [-0.2, 0) is 22.6 Å². The summed E-state index contributed by atoms with van der Waals surface area (Å²) in [4.78, 5) is 1.17. The van der Waals surface area contributed by atoms with Crippen molar-refractivity contribution in [2.45, 2.75) is 38.2 Å². The van der Waals surface area contributed by atoms with E-state index < -0.39 is 6.10 Å². The number of methoxy groups -OCH3 is 1. The van der Waals surface area contributed by atoms with Crippen LogP contribution < -0.4 is 9.64 Å². The summed E-state index contributed by atoms with van der Waals surface area (Å²) in [7, 11) is 1.64. The van der Waals surface area contributed by atoms with Gasteiger partial charge in [0.2, 0.25) is 0 Å². The van der Waals surface area contributed by atoms with Crippen LogP contribution in [0.4, 0.5) is 0 Å². The summed E-state index contributed by atoms with van der Waals surface area (Å²) in [5, 5.41) is 20.7. The predicted octanol–water partition coefficient (Wildman–Crippen LogP) is 1.54. The van der Waals surface area contributed by atoms with Gasteiger partial charge in [0.15, 0.2) is 0 Å². The van der Waals surface area contributed by atoms with Crippen molar-refractivity contribution in [1.82, 2.24) is 0 Å². The first-order valence-corrected chi connectivity index (χ1v) is 10.3. The number of benzene rings is 2. The Balaban J connectivity index is 1.53. The molecule has 2 aromatic rings. The van der Waals surface area contributed by atoms with Crippen LogP contribution in [0.25, 0.3) is 0 Å². The molecule has 0 saturated carbocycles. The van der Waals surface area contributed by atoms with E-state index in [0.29, 0.717) is 25.4 Å². The maximum atomic E-state index is 10.6. The number of nitrogens with one attached hydrogen (secondary N) is 1. The molecule has 3 rings (SSSR count). The van der Waals surface area contributed by atoms with Gasteiger partial charge in [-0.15, -0.1) is 0 Å². The van der Waals surface area contributed by atoms with Crippen molar-refractivity contribution in [3.8, 4) is 11.5 Å². The zero-order valence-electron chi connectivity index (χ0n) is 17.0. The number of ether oxygens (including phenoxy) is 3. The first-order chi connectivity index (χ1) is 14.2. The SMILES string of the molecule is COc1ccccc1COC[C@@H](O)C[NH+](Cc1ccccc1O)C[C@@H]1CCCO1. The van der Waals surface area contributed by atoms with E-state index >= 15 is 0 Å². The van der Waals surface area contributed by atoms with Crippen molar-refractivity contribution in [1.29, 1.82) is 0 Å². The molecule has 158 valence electrons. The van der Waals surface area contributed by atoms with Crippen molar-refractivity contribution in [3.05, 3.63) is 59.7 Å². The molecule has 0 bridgehead atoms. The van der Waals surface area contributed by atoms with E-state index in [-0.39, 0.29) is 12.7 Å². The van der Waals surface area contributed by atoms with Crippen LogP contribution in [-0.4, -0.2) is 55.8 Å². The van der Waals surface area contributed by atoms with Crippen molar-refractivity contribution in [2.24, 2.45) is 0 Å². The lowest BCUT2D eigenvalue weighted by atomic mass is 10.1. The summed E-state index contributed by atoms with van der Waals surface area (Å²) < 4.78 is 16.9. The highest BCUT2D eigenvalue weighted by Gasteiger charge is 2.25. The summed E-state index contributed by atoms with van der Waals surface area (Å²) in [6, 6.07) is 15.1. The maximum absolute atomic E-state index is 10.6. The fraction of sp³-hybridized carbons (Fsp3) is 0.478. The average molecular weight is 403 g/mol. The smallest absolute Gasteiger partial charge is 0.126 e. The average Bonchev–Trinajstić information content (AvgIpc) is 3.23. The molecule has 3 atom stereocenters. The van der Waals surface area contributed by atoms with E-state index in [2.05, 4.69) is 0 Å². The van der Waals surface area contributed by atoms with Gasteiger partial charge >= 0.3 is 0 Å². The zero-order chi connectivity index (χ0) is 20.5. The number of aliphatic hydroxyl groups is 1. The molecule has 6 nitrogen and oxygen atoms in total. The van der Waals surface area contributed by atoms with Gasteiger partial charge in [0.25, 0.3) is 0 Å². The lowest BCUT2D eigenvalue weighted by molar-refractivity contribution is -0.919. The van der Waals surface area contributed by atoms with Gasteiger partial charge in [-0.2, -0.15) is 0 Å². The maximum Gasteiger partial charge on any atom is 0.126 e. The van der Waals surface area contributed by atoms with Gasteiger partial charge in [-0.3, -0.25) is 0 Å². The van der Waals surface area contributed by atoms with Crippen LogP contribution in [0.2, 0.25) is 0 Å². The van der Waals surface area contributed by atoms with Crippen LogP contribution in [0, 0.1) is 0 Å². The highest BCUT2D eigenvalue weighted by molar-refractivity contribution is 5.32. The van der Waals surface area contributed by atoms with Crippen LogP contribution in [0.3, 0.4) is 0 Å². The highest BCUT2D eigenvalue weighted by Crippen LogP contribution is 2.18. The van der Waals surface area contributed by atoms with Crippen molar-refractivity contribution in [3.63, 3.8) is 0 Å². The number of para-hydroxylation sites is 2. The molecule has 1 unspecified atom stereocenters. The van der Waals surface area contributed by atoms with E-state index in [1.807, 2.05) is 42.5 Å². The molecule has 1 aliphatic heterocycles. The Labute approximate surface area is 172 Å². The minimum atomic E-state index is -0.605. The number of phenols is 1. The second-order valence-corrected chi connectivity index (χ2v) is 7.58. The van der Waals surface area contributed by atoms with Gasteiger partial charge in [0.05, 0.1) is 20.3 Å². The molecule has 1 aliphatic rings. The monoisotopic (exact) mass is 402 g/mol. The molecule has 0 aromatic heterocycles. The van der Waals surface area contributed by atoms with Gasteiger partial charge in [0, 0.05) is 17.7 Å². The van der Waals surface area contributed by atoms with Gasteiger partial charge < -0.3 is 29.3 Å². The number of phenolic OH excluding ortho intramolecular Hbond substituents is 1. The Morgan fingerprint density at radius 2 is 1.90 bits per heavy atom. The number of hydrogen-bond acceptors (Lipinski definition) is 5. The number of hydrogen-bond donors (Lipinski definition) is 3. The summed E-state index contributed by atoms with van der Waals surface area (Å²) in [6.07, 6.45) is 1.73. The molecule has 1 fully saturated rings. The molecule has 0 aliphatic carbocycles. The standard InChI is InChI=1S/C23H31NO5/c1-27-23-11-5-3-8-19(23)16-28-17-20(25)14-24(15-21-9-6-12-29-21)13-18-7-2-4-10-22(18)26/h2-5,7-8,10-11,20-21,25-26H,6,9,12-17H2,1H3/p+1/t20-,21-/m0/s1. The fourth-order valence-electron chi connectivity index (χ4n) is 3.80. The van der Waals surface area contributed by atoms with Gasteiger partial charge in [-0.25, -0.2) is 0 Å². The van der Waals surface area contributed by atoms with Crippen LogP contribution in [0.15, 0.2) is 48.5 Å². The predicted molar refractivity (Wildman–Crippen MR) is 110 cm³/mol. The van der Waals surface area contributed by atoms with E-state index in [0.717, 1.165) is 42.9 Å². The Morgan fingerprint density at radius 3 is 2.62 bits per heavy atom. The summed E-state index contributed by atoms with van der Waals surface area (Å²) in [5.74, 6) is 1.08. The largest absolute Gasteiger partial charge is 0.507 e. The molecule has 0 spiro atoms. The number of aliphatic hydroxyl groups excluding tert-OH is 1. The minimum Gasteiger partial charge on any atom is -0.507 e. The third-order valence-corrected chi connectivity index (χ3v) is 5.26. The second kappa shape index (κ2) is 11.2. The first-order valence-electron chi connectivity index (χ1n) is 10.3. The summed E-state index contributed by atoms with van der Waals surface area (Å²) in [6.45, 7) is 3.41. The van der Waals surface area contributed by atoms with Crippen molar-refractivity contribution >= 4 is 0 Å². The Hall–Kier alpha value is -2.12. The van der Waals surface area contributed by atoms with Gasteiger partial charge in [0.1, 0.15) is 43.3 Å². The lowest BCUT2D eigenvalue weighted by Crippen LogP contribution is -3.13. The van der Waals surface area contributed by atoms with Gasteiger partial charge in [-0.1, -0.05) is 30.3 Å². The van der Waals surface area contributed by atoms with Crippen LogP contribution in [0.5, 0.6) is 11.5 Å². The molecule has 0 radical (unpaired) electrons. The molecule has 0 amide bonds. The Morgan fingerprint density at radius 1 is 1.14 bits per heavy atom. The molecule has 29 heavy (non-hydrogen) atoms. The van der Waals surface area contributed by atoms with Gasteiger partial charge in [-0.05, 0) is 31.0 Å². The Bertz CT molecular complexity index is 748. The first kappa shape index (κ1) is 21.6. The normalized spacial score (nSPS) is 18.5. The van der Waals surface area contributed by atoms with Crippen LogP contribution >= 0.6 is 0 Å². The molecule has 1 saturated heterocycles. The molecule has 1 heterocycles. The second-order valence-electron chi connectivity index (χ2n) is 7.58. The number of aromatic hydroxyl groups is 1. The third-order valence-electron chi connectivity index (χ3n) is 5.26. The molecule has 6 heteroatoms. The minimum absolute atomic E-state index is 0.206. The zero-order valence-corrected chi connectivity index (χ0v) is 17.0. The van der Waals surface area contributed by atoms with Crippen molar-refractivity contribution in [2.75, 3.05) is 33.4 Å². The molecule has 3 N–H and O–H groups in total. The summed E-state index contributed by atoms with van der Waals surface area (Å²) in [5.41, 5.74) is 1.84. The van der Waals surface area contributed by atoms with E-state index in [1.54, 1.807) is 13.2 Å². The van der Waals surface area contributed by atoms with E-state index in [1.165, 1.54) is 4.90 Å². The third kappa shape index (κ3) is 6.72. The molecule has 2 aromatic carbocycles. The fourth-order valence-corrected chi connectivity index (χ4v) is 3.80. The number of quaternary nitrogens is 1.